The third-order valence-electron chi connectivity index (χ3n) is 3.93. The molecule has 0 bridgehead atoms. The maximum absolute atomic E-state index is 3.40. The maximum atomic E-state index is 3.40. The summed E-state index contributed by atoms with van der Waals surface area (Å²) in [5, 5.41) is 3.40. The summed E-state index contributed by atoms with van der Waals surface area (Å²) in [6.45, 7) is 6.84. The molecule has 1 heteroatoms. The zero-order valence-electron chi connectivity index (χ0n) is 11.4. The molecule has 0 aliphatic heterocycles. The van der Waals surface area contributed by atoms with Crippen LogP contribution in [0.15, 0.2) is 0 Å². The molecule has 1 unspecified atom stereocenters. The number of hydrogen-bond acceptors (Lipinski definition) is 1. The number of rotatable bonds is 11. The Kier molecular flexibility index (Phi) is 7.92. The van der Waals surface area contributed by atoms with Gasteiger partial charge >= 0.3 is 0 Å². The molecule has 2 atom stereocenters. The van der Waals surface area contributed by atoms with E-state index in [1.165, 1.54) is 57.9 Å². The van der Waals surface area contributed by atoms with Gasteiger partial charge in [0.05, 0.1) is 0 Å². The normalized spacial score (nSPS) is 23.6. The van der Waals surface area contributed by atoms with Crippen molar-refractivity contribution < 1.29 is 0 Å². The van der Waals surface area contributed by atoms with Crippen LogP contribution in [-0.2, 0) is 0 Å². The lowest BCUT2D eigenvalue weighted by molar-refractivity contribution is 0.528. The number of hydrogen-bond donors (Lipinski definition) is 1. The fourth-order valence-electron chi connectivity index (χ4n) is 2.68. The van der Waals surface area contributed by atoms with Crippen molar-refractivity contribution in [2.75, 3.05) is 13.1 Å². The highest BCUT2D eigenvalue weighted by Crippen LogP contribution is 2.45. The van der Waals surface area contributed by atoms with E-state index in [-0.39, 0.29) is 0 Å². The minimum atomic E-state index is 1.12. The molecule has 0 heterocycles. The molecule has 1 rings (SSSR count). The molecule has 16 heavy (non-hydrogen) atoms. The molecular formula is C15H31N. The molecule has 0 radical (unpaired) electrons. The zero-order chi connectivity index (χ0) is 11.6. The molecule has 96 valence electrons. The summed E-state index contributed by atoms with van der Waals surface area (Å²) in [5.74, 6) is 2.25. The Morgan fingerprint density at radius 1 is 0.875 bits per heavy atom. The molecule has 1 aliphatic rings. The predicted molar refractivity (Wildman–Crippen MR) is 72.8 cm³/mol. The minimum absolute atomic E-state index is 1.12. The Morgan fingerprint density at radius 3 is 2.19 bits per heavy atom. The molecule has 1 N–H and O–H groups in total. The first-order valence-electron chi connectivity index (χ1n) is 7.59. The van der Waals surface area contributed by atoms with Gasteiger partial charge in [0.25, 0.3) is 0 Å². The fourth-order valence-corrected chi connectivity index (χ4v) is 2.68. The summed E-state index contributed by atoms with van der Waals surface area (Å²) < 4.78 is 0. The van der Waals surface area contributed by atoms with Gasteiger partial charge in [-0.25, -0.2) is 0 Å². The van der Waals surface area contributed by atoms with Crippen LogP contribution in [0.5, 0.6) is 0 Å². The topological polar surface area (TPSA) is 12.0 Å². The molecular weight excluding hydrogens is 194 g/mol. The van der Waals surface area contributed by atoms with E-state index in [1.54, 1.807) is 6.42 Å². The van der Waals surface area contributed by atoms with Gasteiger partial charge < -0.3 is 5.32 Å². The van der Waals surface area contributed by atoms with Gasteiger partial charge in [-0.05, 0) is 37.8 Å². The highest BCUT2D eigenvalue weighted by Gasteiger charge is 2.34. The van der Waals surface area contributed by atoms with Crippen molar-refractivity contribution >= 4 is 0 Å². The van der Waals surface area contributed by atoms with Crippen LogP contribution in [0.4, 0.5) is 0 Å². The lowest BCUT2D eigenvalue weighted by atomic mass is 10.1. The first-order chi connectivity index (χ1) is 7.88. The molecule has 1 fully saturated rings. The molecule has 0 aromatic carbocycles. The van der Waals surface area contributed by atoms with Gasteiger partial charge in [-0.3, -0.25) is 0 Å². The Bertz CT molecular complexity index is 156. The van der Waals surface area contributed by atoms with Crippen molar-refractivity contribution in [2.45, 2.75) is 71.6 Å². The van der Waals surface area contributed by atoms with Crippen molar-refractivity contribution in [3.63, 3.8) is 0 Å². The smallest absolute Gasteiger partial charge is 0.00490 e. The molecule has 1 aliphatic carbocycles. The summed E-state index contributed by atoms with van der Waals surface area (Å²) in [5.41, 5.74) is 0. The lowest BCUT2D eigenvalue weighted by Gasteiger charge is -2.02. The summed E-state index contributed by atoms with van der Waals surface area (Å²) in [6, 6.07) is 0. The monoisotopic (exact) mass is 225 g/mol. The van der Waals surface area contributed by atoms with E-state index < -0.39 is 0 Å². The molecule has 0 aromatic rings. The van der Waals surface area contributed by atoms with Crippen molar-refractivity contribution in [1.29, 1.82) is 0 Å². The van der Waals surface area contributed by atoms with E-state index in [9.17, 15) is 0 Å². The van der Waals surface area contributed by atoms with E-state index in [0.29, 0.717) is 0 Å². The Morgan fingerprint density at radius 2 is 1.56 bits per heavy atom. The SMILES string of the molecule is CCCCC[C@H]1CC1CCCCCNCC. The molecule has 0 saturated heterocycles. The van der Waals surface area contributed by atoms with Crippen LogP contribution in [0.1, 0.15) is 71.6 Å². The molecule has 0 amide bonds. The van der Waals surface area contributed by atoms with Gasteiger partial charge in [-0.1, -0.05) is 58.8 Å². The Labute approximate surface area is 102 Å². The van der Waals surface area contributed by atoms with Crippen LogP contribution >= 0.6 is 0 Å². The zero-order valence-corrected chi connectivity index (χ0v) is 11.4. The average Bonchev–Trinajstić information content (AvgIpc) is 3.03. The standard InChI is InChI=1S/C15H31N/c1-3-5-7-10-14-13-15(14)11-8-6-9-12-16-4-2/h14-16H,3-13H2,1-2H3/t14-,15?/m0/s1. The van der Waals surface area contributed by atoms with Crippen molar-refractivity contribution in [2.24, 2.45) is 11.8 Å². The molecule has 1 saturated carbocycles. The van der Waals surface area contributed by atoms with E-state index in [0.717, 1.165) is 18.4 Å². The van der Waals surface area contributed by atoms with Crippen LogP contribution in [-0.4, -0.2) is 13.1 Å². The van der Waals surface area contributed by atoms with E-state index in [4.69, 9.17) is 0 Å². The average molecular weight is 225 g/mol. The molecule has 0 aromatic heterocycles. The van der Waals surface area contributed by atoms with Crippen LogP contribution in [0.2, 0.25) is 0 Å². The predicted octanol–water partition coefficient (Wildman–Crippen LogP) is 4.37. The molecule has 0 spiro atoms. The van der Waals surface area contributed by atoms with Gasteiger partial charge in [0.15, 0.2) is 0 Å². The van der Waals surface area contributed by atoms with E-state index in [2.05, 4.69) is 19.2 Å². The van der Waals surface area contributed by atoms with Gasteiger partial charge in [-0.15, -0.1) is 0 Å². The first kappa shape index (κ1) is 14.0. The van der Waals surface area contributed by atoms with Crippen molar-refractivity contribution in [3.8, 4) is 0 Å². The van der Waals surface area contributed by atoms with Crippen LogP contribution in [0, 0.1) is 11.8 Å². The number of unbranched alkanes of at least 4 members (excludes halogenated alkanes) is 4. The summed E-state index contributed by atoms with van der Waals surface area (Å²) in [4.78, 5) is 0. The van der Waals surface area contributed by atoms with Gasteiger partial charge in [0.1, 0.15) is 0 Å². The Hall–Kier alpha value is -0.0400. The second-order valence-electron chi connectivity index (χ2n) is 5.45. The van der Waals surface area contributed by atoms with Crippen LogP contribution in [0.3, 0.4) is 0 Å². The summed E-state index contributed by atoms with van der Waals surface area (Å²) in [7, 11) is 0. The summed E-state index contributed by atoms with van der Waals surface area (Å²) in [6.07, 6.45) is 13.2. The van der Waals surface area contributed by atoms with Crippen LogP contribution in [0.25, 0.3) is 0 Å². The Balaban J connectivity index is 1.78. The maximum Gasteiger partial charge on any atom is -0.00490 e. The third kappa shape index (κ3) is 6.52. The highest BCUT2D eigenvalue weighted by molar-refractivity contribution is 4.85. The van der Waals surface area contributed by atoms with Gasteiger partial charge in [-0.2, -0.15) is 0 Å². The van der Waals surface area contributed by atoms with Crippen molar-refractivity contribution in [1.82, 2.24) is 5.32 Å². The summed E-state index contributed by atoms with van der Waals surface area (Å²) >= 11 is 0. The third-order valence-corrected chi connectivity index (χ3v) is 3.93. The fraction of sp³-hybridized carbons (Fsp3) is 1.00. The number of nitrogens with one attached hydrogen (secondary N) is 1. The highest BCUT2D eigenvalue weighted by atomic mass is 14.8. The van der Waals surface area contributed by atoms with E-state index in [1.807, 2.05) is 0 Å². The molecule has 1 nitrogen and oxygen atoms in total. The second kappa shape index (κ2) is 9.04. The largest absolute Gasteiger partial charge is 0.317 e. The second-order valence-corrected chi connectivity index (χ2v) is 5.45. The van der Waals surface area contributed by atoms with Crippen molar-refractivity contribution in [3.05, 3.63) is 0 Å². The van der Waals surface area contributed by atoms with Gasteiger partial charge in [0.2, 0.25) is 0 Å². The van der Waals surface area contributed by atoms with Gasteiger partial charge in [0, 0.05) is 0 Å². The quantitative estimate of drug-likeness (QED) is 0.515. The lowest BCUT2D eigenvalue weighted by Crippen LogP contribution is -2.13. The van der Waals surface area contributed by atoms with E-state index >= 15 is 0 Å². The first-order valence-corrected chi connectivity index (χ1v) is 7.59. The minimum Gasteiger partial charge on any atom is -0.317 e. The van der Waals surface area contributed by atoms with Crippen LogP contribution < -0.4 is 5.32 Å².